The zero-order valence-corrected chi connectivity index (χ0v) is 7.02. The van der Waals surface area contributed by atoms with Crippen molar-refractivity contribution in [2.45, 2.75) is 22.7 Å². The molecular formula is C7H10I-. The fourth-order valence-corrected chi connectivity index (χ4v) is 7.07. The van der Waals surface area contributed by atoms with Crippen LogP contribution in [0, 0.1) is 11.8 Å². The van der Waals surface area contributed by atoms with E-state index in [1.165, 1.54) is 11.8 Å². The van der Waals surface area contributed by atoms with Crippen molar-refractivity contribution < 1.29 is 21.2 Å². The van der Waals surface area contributed by atoms with Gasteiger partial charge in [0.25, 0.3) is 0 Å². The number of fused-ring (bicyclic) bond motifs is 3. The van der Waals surface area contributed by atoms with E-state index < -0.39 is 0 Å². The molecule has 0 aromatic rings. The summed E-state index contributed by atoms with van der Waals surface area (Å²) >= 11 is 0.716. The minimum atomic E-state index is 0.716. The maximum atomic E-state index is 1.66. The van der Waals surface area contributed by atoms with Crippen LogP contribution in [0.4, 0.5) is 0 Å². The van der Waals surface area contributed by atoms with E-state index in [-0.39, 0.29) is 0 Å². The molecule has 3 fully saturated rings. The Morgan fingerprint density at radius 1 is 1.38 bits per heavy atom. The quantitative estimate of drug-likeness (QED) is 0.336. The summed E-state index contributed by atoms with van der Waals surface area (Å²) in [6.45, 7) is 0. The van der Waals surface area contributed by atoms with Gasteiger partial charge in [0.15, 0.2) is 0 Å². The van der Waals surface area contributed by atoms with Crippen LogP contribution in [0.25, 0.3) is 0 Å². The first-order valence-electron chi connectivity index (χ1n) is 3.54. The topological polar surface area (TPSA) is 0 Å². The monoisotopic (exact) mass is 221 g/mol. The molecule has 1 aliphatic heterocycles. The van der Waals surface area contributed by atoms with Crippen molar-refractivity contribution in [1.82, 2.24) is 0 Å². The van der Waals surface area contributed by atoms with Crippen LogP contribution in [0.5, 0.6) is 0 Å². The van der Waals surface area contributed by atoms with Crippen molar-refractivity contribution in [3.63, 3.8) is 0 Å². The van der Waals surface area contributed by atoms with Gasteiger partial charge in [0, 0.05) is 0 Å². The number of rotatable bonds is 0. The first kappa shape index (κ1) is 4.53. The average molecular weight is 221 g/mol. The Bertz CT molecular complexity index is 125. The predicted octanol–water partition coefficient (Wildman–Crippen LogP) is -1.74. The summed E-state index contributed by atoms with van der Waals surface area (Å²) in [7, 11) is 0. The second-order valence-electron chi connectivity index (χ2n) is 3.30. The molecule has 1 saturated heterocycles. The summed E-state index contributed by atoms with van der Waals surface area (Å²) < 4.78 is 2.77. The normalized spacial score (nSPS) is 67.0. The van der Waals surface area contributed by atoms with Gasteiger partial charge in [-0.3, -0.25) is 0 Å². The molecule has 0 radical (unpaired) electrons. The molecule has 8 heavy (non-hydrogen) atoms. The molecule has 0 aromatic heterocycles. The Kier molecular flexibility index (Phi) is 0.631. The summed E-state index contributed by atoms with van der Waals surface area (Å²) in [5.41, 5.74) is 0. The Hall–Kier alpha value is 0.730. The second-order valence-corrected chi connectivity index (χ2v) is 7.15. The van der Waals surface area contributed by atoms with E-state index in [1.54, 1.807) is 23.7 Å². The van der Waals surface area contributed by atoms with E-state index in [0.717, 1.165) is 3.42 Å². The van der Waals surface area contributed by atoms with Gasteiger partial charge in [-0.1, -0.05) is 0 Å². The third-order valence-corrected chi connectivity index (χ3v) is 7.81. The van der Waals surface area contributed by atoms with Gasteiger partial charge in [0.2, 0.25) is 0 Å². The van der Waals surface area contributed by atoms with Crippen molar-refractivity contribution in [2.75, 3.05) is 4.43 Å². The van der Waals surface area contributed by atoms with E-state index in [0.29, 0.717) is 21.2 Å². The van der Waals surface area contributed by atoms with E-state index in [2.05, 4.69) is 0 Å². The standard InChI is InChI=1S/C7H10I/c1-2-7(8-3-1)5-4-6(5)7/h5-6H,1-4H2/q-1. The summed E-state index contributed by atoms with van der Waals surface area (Å²) in [6.07, 6.45) is 4.88. The van der Waals surface area contributed by atoms with Gasteiger partial charge in [0.05, 0.1) is 0 Å². The fraction of sp³-hybridized carbons (Fsp3) is 1.00. The van der Waals surface area contributed by atoms with Crippen LogP contribution in [0.15, 0.2) is 0 Å². The van der Waals surface area contributed by atoms with Gasteiger partial charge >= 0.3 is 60.2 Å². The second kappa shape index (κ2) is 1.11. The van der Waals surface area contributed by atoms with Crippen LogP contribution < -0.4 is 21.2 Å². The van der Waals surface area contributed by atoms with Gasteiger partial charge in [-0.2, -0.15) is 0 Å². The molecule has 46 valence electrons. The van der Waals surface area contributed by atoms with Crippen molar-refractivity contribution in [2.24, 2.45) is 11.8 Å². The SMILES string of the molecule is C1C[I-]C2(C1)C1CC12. The molecule has 1 heteroatoms. The molecule has 0 amide bonds. The van der Waals surface area contributed by atoms with Gasteiger partial charge in [0.1, 0.15) is 0 Å². The first-order valence-corrected chi connectivity index (χ1v) is 6.14. The number of halogens is 1. The Morgan fingerprint density at radius 2 is 2.25 bits per heavy atom. The molecule has 0 aromatic carbocycles. The minimum absolute atomic E-state index is 0.716. The molecular weight excluding hydrogens is 211 g/mol. The molecule has 1 spiro atoms. The van der Waals surface area contributed by atoms with E-state index in [1.807, 2.05) is 0 Å². The van der Waals surface area contributed by atoms with Crippen molar-refractivity contribution >= 4 is 0 Å². The van der Waals surface area contributed by atoms with Gasteiger partial charge in [-0.05, 0) is 0 Å². The van der Waals surface area contributed by atoms with Crippen LogP contribution in [0.2, 0.25) is 0 Å². The zero-order chi connectivity index (χ0) is 5.19. The van der Waals surface area contributed by atoms with Gasteiger partial charge in [-0.15, -0.1) is 0 Å². The summed E-state index contributed by atoms with van der Waals surface area (Å²) in [4.78, 5) is 0. The Labute approximate surface area is 60.3 Å². The number of alkyl halides is 2. The molecule has 2 saturated carbocycles. The van der Waals surface area contributed by atoms with Crippen molar-refractivity contribution in [1.29, 1.82) is 0 Å². The van der Waals surface area contributed by atoms with Gasteiger partial charge < -0.3 is 0 Å². The van der Waals surface area contributed by atoms with Crippen LogP contribution in [-0.4, -0.2) is 7.85 Å². The summed E-state index contributed by atoms with van der Waals surface area (Å²) in [5.74, 6) is 2.61. The zero-order valence-electron chi connectivity index (χ0n) is 4.86. The maximum absolute atomic E-state index is 1.66. The Balaban J connectivity index is 1.90. The molecule has 0 N–H and O–H groups in total. The summed E-state index contributed by atoms with van der Waals surface area (Å²) in [5, 5.41) is 0. The third-order valence-electron chi connectivity index (χ3n) is 2.95. The molecule has 3 aliphatic rings. The van der Waals surface area contributed by atoms with Crippen LogP contribution >= 0.6 is 0 Å². The van der Waals surface area contributed by atoms with Crippen molar-refractivity contribution in [3.8, 4) is 0 Å². The molecule has 3 rings (SSSR count). The van der Waals surface area contributed by atoms with E-state index in [4.69, 9.17) is 0 Å². The third kappa shape index (κ3) is 0.334. The van der Waals surface area contributed by atoms with E-state index in [9.17, 15) is 0 Å². The summed E-state index contributed by atoms with van der Waals surface area (Å²) in [6, 6.07) is 0. The number of hydrogen-bond acceptors (Lipinski definition) is 0. The van der Waals surface area contributed by atoms with Gasteiger partial charge in [-0.25, -0.2) is 0 Å². The predicted molar refractivity (Wildman–Crippen MR) is 28.4 cm³/mol. The van der Waals surface area contributed by atoms with E-state index >= 15 is 0 Å². The Morgan fingerprint density at radius 3 is 2.50 bits per heavy atom. The molecule has 0 bridgehead atoms. The first-order chi connectivity index (χ1) is 3.93. The number of hydrogen-bond donors (Lipinski definition) is 0. The molecule has 2 atom stereocenters. The van der Waals surface area contributed by atoms with Crippen LogP contribution in [0.1, 0.15) is 19.3 Å². The molecule has 2 aliphatic carbocycles. The molecule has 0 nitrogen and oxygen atoms in total. The molecule has 1 heterocycles. The molecule has 2 unspecified atom stereocenters. The fourth-order valence-electron chi connectivity index (χ4n) is 2.21. The van der Waals surface area contributed by atoms with Crippen molar-refractivity contribution in [3.05, 3.63) is 0 Å². The van der Waals surface area contributed by atoms with Crippen LogP contribution in [-0.2, 0) is 0 Å². The average Bonchev–Trinajstić information content (AvgIpc) is 2.58. The van der Waals surface area contributed by atoms with Crippen LogP contribution in [0.3, 0.4) is 0 Å².